The van der Waals surface area contributed by atoms with Crippen LogP contribution in [0, 0.1) is 6.92 Å². The smallest absolute Gasteiger partial charge is 0.149 e. The second-order valence-corrected chi connectivity index (χ2v) is 7.98. The molecule has 1 atom stereocenters. The predicted molar refractivity (Wildman–Crippen MR) is 86.2 cm³/mol. The molecule has 0 fully saturated rings. The number of aryl methyl sites for hydroxylation is 1. The fourth-order valence-corrected chi connectivity index (χ4v) is 3.26. The number of ether oxygens (including phenoxy) is 1. The van der Waals surface area contributed by atoms with Crippen molar-refractivity contribution in [1.82, 2.24) is 5.32 Å². The molecular formula is C14H22BrNO3S. The van der Waals surface area contributed by atoms with Gasteiger partial charge in [0.15, 0.2) is 0 Å². The van der Waals surface area contributed by atoms with Crippen LogP contribution >= 0.6 is 15.9 Å². The quantitative estimate of drug-likeness (QED) is 0.808. The first kappa shape index (κ1) is 17.5. The Morgan fingerprint density at radius 3 is 2.55 bits per heavy atom. The Hall–Kier alpha value is -0.590. The van der Waals surface area contributed by atoms with Crippen LogP contribution in [0.1, 0.15) is 30.5 Å². The molecule has 0 aliphatic rings. The van der Waals surface area contributed by atoms with E-state index in [4.69, 9.17) is 4.74 Å². The topological polar surface area (TPSA) is 55.4 Å². The molecule has 0 saturated heterocycles. The van der Waals surface area contributed by atoms with Gasteiger partial charge in [0.2, 0.25) is 0 Å². The highest BCUT2D eigenvalue weighted by molar-refractivity contribution is 9.10. The summed E-state index contributed by atoms with van der Waals surface area (Å²) in [6.45, 7) is 4.78. The van der Waals surface area contributed by atoms with Crippen molar-refractivity contribution in [1.29, 1.82) is 0 Å². The van der Waals surface area contributed by atoms with Crippen molar-refractivity contribution >= 4 is 25.8 Å². The minimum absolute atomic E-state index is 0.0544. The highest BCUT2D eigenvalue weighted by Gasteiger charge is 2.21. The summed E-state index contributed by atoms with van der Waals surface area (Å²) in [5.41, 5.74) is 1.92. The SMILES string of the molecule is CCCNC(CS(C)(=O)=O)c1cc(Br)c(C)cc1OC. The number of hydrogen-bond donors (Lipinski definition) is 1. The van der Waals surface area contributed by atoms with Gasteiger partial charge in [-0.2, -0.15) is 0 Å². The van der Waals surface area contributed by atoms with Crippen LogP contribution in [0.4, 0.5) is 0 Å². The molecule has 0 aliphatic carbocycles. The first-order valence-corrected chi connectivity index (χ1v) is 9.39. The van der Waals surface area contributed by atoms with Gasteiger partial charge in [-0.3, -0.25) is 0 Å². The van der Waals surface area contributed by atoms with Gasteiger partial charge in [0.25, 0.3) is 0 Å². The van der Waals surface area contributed by atoms with Crippen LogP contribution in [0.15, 0.2) is 16.6 Å². The molecule has 0 spiro atoms. The van der Waals surface area contributed by atoms with E-state index >= 15 is 0 Å². The molecule has 1 N–H and O–H groups in total. The van der Waals surface area contributed by atoms with E-state index in [9.17, 15) is 8.42 Å². The van der Waals surface area contributed by atoms with Gasteiger partial charge in [0.1, 0.15) is 15.6 Å². The molecule has 0 radical (unpaired) electrons. The third kappa shape index (κ3) is 5.07. The summed E-state index contributed by atoms with van der Waals surface area (Å²) in [6, 6.07) is 3.59. The van der Waals surface area contributed by atoms with E-state index in [0.29, 0.717) is 5.75 Å². The van der Waals surface area contributed by atoms with Gasteiger partial charge in [-0.25, -0.2) is 8.42 Å². The lowest BCUT2D eigenvalue weighted by molar-refractivity contribution is 0.401. The Bertz CT molecular complexity index is 558. The third-order valence-electron chi connectivity index (χ3n) is 3.00. The summed E-state index contributed by atoms with van der Waals surface area (Å²) in [7, 11) is -1.48. The number of hydrogen-bond acceptors (Lipinski definition) is 4. The predicted octanol–water partition coefficient (Wildman–Crippen LogP) is 2.85. The van der Waals surface area contributed by atoms with Crippen molar-refractivity contribution in [2.75, 3.05) is 25.7 Å². The Labute approximate surface area is 130 Å². The molecule has 1 aromatic rings. The molecule has 0 aromatic heterocycles. The Balaban J connectivity index is 3.21. The summed E-state index contributed by atoms with van der Waals surface area (Å²) in [6.07, 6.45) is 2.19. The van der Waals surface area contributed by atoms with Gasteiger partial charge >= 0.3 is 0 Å². The van der Waals surface area contributed by atoms with Crippen LogP contribution < -0.4 is 10.1 Å². The summed E-state index contributed by atoms with van der Waals surface area (Å²) in [5.74, 6) is 0.765. The van der Waals surface area contributed by atoms with Crippen molar-refractivity contribution < 1.29 is 13.2 Å². The van der Waals surface area contributed by atoms with Gasteiger partial charge in [-0.1, -0.05) is 22.9 Å². The molecule has 20 heavy (non-hydrogen) atoms. The van der Waals surface area contributed by atoms with E-state index in [2.05, 4.69) is 21.2 Å². The van der Waals surface area contributed by atoms with Crippen LogP contribution in [0.25, 0.3) is 0 Å². The highest BCUT2D eigenvalue weighted by Crippen LogP contribution is 2.32. The molecule has 0 heterocycles. The van der Waals surface area contributed by atoms with Crippen molar-refractivity contribution in [2.45, 2.75) is 26.3 Å². The molecule has 114 valence electrons. The fourth-order valence-electron chi connectivity index (χ4n) is 2.00. The fraction of sp³-hybridized carbons (Fsp3) is 0.571. The molecule has 0 aliphatic heterocycles. The average Bonchev–Trinajstić information content (AvgIpc) is 2.36. The number of methoxy groups -OCH3 is 1. The molecule has 0 amide bonds. The van der Waals surface area contributed by atoms with Crippen molar-refractivity contribution in [3.8, 4) is 5.75 Å². The van der Waals surface area contributed by atoms with Crippen molar-refractivity contribution in [3.05, 3.63) is 27.7 Å². The lowest BCUT2D eigenvalue weighted by Gasteiger charge is -2.21. The van der Waals surface area contributed by atoms with E-state index in [1.807, 2.05) is 26.0 Å². The standard InChI is InChI=1S/C14H22BrNO3S/c1-5-6-16-13(9-20(4,17)18)11-8-12(15)10(2)7-14(11)19-3/h7-8,13,16H,5-6,9H2,1-4H3. The monoisotopic (exact) mass is 363 g/mol. The Morgan fingerprint density at radius 2 is 2.05 bits per heavy atom. The lowest BCUT2D eigenvalue weighted by Crippen LogP contribution is -2.29. The van der Waals surface area contributed by atoms with Gasteiger partial charge in [0.05, 0.1) is 12.9 Å². The zero-order valence-electron chi connectivity index (χ0n) is 12.4. The van der Waals surface area contributed by atoms with Crippen LogP contribution in [-0.2, 0) is 9.84 Å². The first-order valence-electron chi connectivity index (χ1n) is 6.53. The Kier molecular flexibility index (Phi) is 6.48. The highest BCUT2D eigenvalue weighted by atomic mass is 79.9. The number of halogens is 1. The normalized spacial score (nSPS) is 13.2. The van der Waals surface area contributed by atoms with Crippen LogP contribution in [0.3, 0.4) is 0 Å². The number of nitrogens with one attached hydrogen (secondary N) is 1. The molecular weight excluding hydrogens is 342 g/mol. The summed E-state index contributed by atoms with van der Waals surface area (Å²) in [4.78, 5) is 0. The van der Waals surface area contributed by atoms with Gasteiger partial charge in [-0.05, 0) is 37.6 Å². The number of benzene rings is 1. The maximum Gasteiger partial charge on any atom is 0.149 e. The molecule has 0 bridgehead atoms. The Morgan fingerprint density at radius 1 is 1.40 bits per heavy atom. The van der Waals surface area contributed by atoms with Crippen LogP contribution in [-0.4, -0.2) is 34.1 Å². The maximum absolute atomic E-state index is 11.6. The number of sulfone groups is 1. The van der Waals surface area contributed by atoms with Gasteiger partial charge in [0, 0.05) is 22.3 Å². The minimum Gasteiger partial charge on any atom is -0.496 e. The van der Waals surface area contributed by atoms with Gasteiger partial charge < -0.3 is 10.1 Å². The summed E-state index contributed by atoms with van der Waals surface area (Å²) in [5, 5.41) is 3.28. The molecule has 6 heteroatoms. The minimum atomic E-state index is -3.08. The zero-order chi connectivity index (χ0) is 15.3. The molecule has 4 nitrogen and oxygen atoms in total. The average molecular weight is 364 g/mol. The maximum atomic E-state index is 11.6. The lowest BCUT2D eigenvalue weighted by atomic mass is 10.0. The first-order chi connectivity index (χ1) is 9.28. The van der Waals surface area contributed by atoms with Crippen molar-refractivity contribution in [3.63, 3.8) is 0 Å². The summed E-state index contributed by atoms with van der Waals surface area (Å²) >= 11 is 3.49. The second kappa shape index (κ2) is 7.43. The van der Waals surface area contributed by atoms with E-state index < -0.39 is 9.84 Å². The molecule has 0 saturated carbocycles. The molecule has 1 aromatic carbocycles. The van der Waals surface area contributed by atoms with Crippen LogP contribution in [0.2, 0.25) is 0 Å². The number of rotatable bonds is 7. The zero-order valence-corrected chi connectivity index (χ0v) is 14.8. The van der Waals surface area contributed by atoms with E-state index in [1.54, 1.807) is 7.11 Å². The van der Waals surface area contributed by atoms with E-state index in [0.717, 1.165) is 28.6 Å². The van der Waals surface area contributed by atoms with E-state index in [-0.39, 0.29) is 11.8 Å². The van der Waals surface area contributed by atoms with Crippen LogP contribution in [0.5, 0.6) is 5.75 Å². The van der Waals surface area contributed by atoms with Crippen molar-refractivity contribution in [2.24, 2.45) is 0 Å². The second-order valence-electron chi connectivity index (χ2n) is 4.94. The largest absolute Gasteiger partial charge is 0.496 e. The van der Waals surface area contributed by atoms with Gasteiger partial charge in [-0.15, -0.1) is 0 Å². The van der Waals surface area contributed by atoms with E-state index in [1.165, 1.54) is 6.26 Å². The molecule has 1 unspecified atom stereocenters. The summed E-state index contributed by atoms with van der Waals surface area (Å²) < 4.78 is 29.6. The third-order valence-corrected chi connectivity index (χ3v) is 4.79. The molecule has 1 rings (SSSR count).